The van der Waals surface area contributed by atoms with Crippen LogP contribution in [0.1, 0.15) is 21.5 Å². The second kappa shape index (κ2) is 13.7. The number of hydrogen-bond acceptors (Lipinski definition) is 8. The van der Waals surface area contributed by atoms with E-state index >= 15 is 0 Å². The van der Waals surface area contributed by atoms with E-state index in [1.165, 1.54) is 19.9 Å². The Kier molecular flexibility index (Phi) is 9.07. The van der Waals surface area contributed by atoms with Crippen LogP contribution < -0.4 is 35.6 Å². The molecule has 0 saturated carbocycles. The van der Waals surface area contributed by atoms with Gasteiger partial charge in [0.2, 0.25) is 0 Å². The van der Waals surface area contributed by atoms with Gasteiger partial charge in [-0.15, -0.1) is 0 Å². The van der Waals surface area contributed by atoms with E-state index in [1.54, 1.807) is 66.9 Å². The number of benzene rings is 4. The smallest absolute Gasteiger partial charge is 0.323 e. The minimum Gasteiger partial charge on any atom is -0.493 e. The molecule has 2 aliphatic rings. The molecule has 1 saturated heterocycles. The number of fused-ring (bicyclic) bond motifs is 1. The molecule has 0 aliphatic carbocycles. The zero-order chi connectivity index (χ0) is 32.9. The van der Waals surface area contributed by atoms with E-state index in [0.29, 0.717) is 50.8 Å². The van der Waals surface area contributed by atoms with Crippen molar-refractivity contribution in [1.29, 1.82) is 0 Å². The van der Waals surface area contributed by atoms with Gasteiger partial charge in [-0.1, -0.05) is 24.3 Å². The van der Waals surface area contributed by atoms with Gasteiger partial charge in [0.05, 0.1) is 19.8 Å². The maximum atomic E-state index is 13.4. The maximum Gasteiger partial charge on any atom is 0.323 e. The van der Waals surface area contributed by atoms with Crippen LogP contribution in [0.15, 0.2) is 91.1 Å². The van der Waals surface area contributed by atoms with Gasteiger partial charge in [-0.2, -0.15) is 0 Å². The molecule has 3 amide bonds. The Bertz CT molecular complexity index is 1850. The van der Waals surface area contributed by atoms with Crippen molar-refractivity contribution in [3.63, 3.8) is 0 Å². The van der Waals surface area contributed by atoms with Crippen LogP contribution in [0.3, 0.4) is 0 Å². The van der Waals surface area contributed by atoms with Gasteiger partial charge < -0.3 is 40.5 Å². The number of nitrogens with one attached hydrogen (secondary N) is 4. The standard InChI is InChI=1S/C36H36N6O5/c1-41-15-17-42(18-16-41)28-11-8-25(9-12-28)37-22-30-29-13-7-24(20-31(29)40-35(30)44)34(43)23-5-4-6-26(19-23)38-36(45)39-27-10-14-32(46-2)33(21-27)47-3/h4-14,19-22,37H,15-18H2,1-3H3,(H,40,44)(H2,38,39,45). The van der Waals surface area contributed by atoms with Gasteiger partial charge in [0.25, 0.3) is 5.91 Å². The van der Waals surface area contributed by atoms with E-state index in [9.17, 15) is 14.4 Å². The van der Waals surface area contributed by atoms with Gasteiger partial charge in [0.1, 0.15) is 0 Å². The number of amides is 3. The van der Waals surface area contributed by atoms with Crippen LogP contribution in [0.5, 0.6) is 11.5 Å². The van der Waals surface area contributed by atoms with Crippen LogP contribution in [-0.2, 0) is 4.79 Å². The highest BCUT2D eigenvalue weighted by Gasteiger charge is 2.25. The Morgan fingerprint density at radius 2 is 1.45 bits per heavy atom. The summed E-state index contributed by atoms with van der Waals surface area (Å²) in [6.07, 6.45) is 1.69. The number of ketones is 1. The molecule has 2 aliphatic heterocycles. The Morgan fingerprint density at radius 3 is 2.17 bits per heavy atom. The molecule has 0 unspecified atom stereocenters. The van der Waals surface area contributed by atoms with Crippen LogP contribution >= 0.6 is 0 Å². The third-order valence-corrected chi connectivity index (χ3v) is 8.21. The molecule has 4 N–H and O–H groups in total. The number of hydrogen-bond donors (Lipinski definition) is 4. The van der Waals surface area contributed by atoms with Crippen molar-refractivity contribution in [2.75, 3.05) is 73.6 Å². The number of carbonyl (C=O) groups excluding carboxylic acids is 3. The molecular formula is C36H36N6O5. The summed E-state index contributed by atoms with van der Waals surface area (Å²) in [5.74, 6) is 0.524. The van der Waals surface area contributed by atoms with Crippen molar-refractivity contribution in [3.8, 4) is 11.5 Å². The fourth-order valence-electron chi connectivity index (χ4n) is 5.58. The zero-order valence-electron chi connectivity index (χ0n) is 26.4. The molecule has 0 radical (unpaired) electrons. The normalized spacial score (nSPS) is 15.1. The van der Waals surface area contributed by atoms with Gasteiger partial charge in [-0.3, -0.25) is 9.59 Å². The van der Waals surface area contributed by atoms with E-state index in [0.717, 1.165) is 31.9 Å². The third kappa shape index (κ3) is 7.05. The second-order valence-corrected chi connectivity index (χ2v) is 11.3. The van der Waals surface area contributed by atoms with Crippen LogP contribution in [0, 0.1) is 0 Å². The number of likely N-dealkylation sites (N-methyl/N-ethyl adjacent to an activating group) is 1. The number of piperazine rings is 1. The van der Waals surface area contributed by atoms with Crippen molar-refractivity contribution in [2.24, 2.45) is 0 Å². The first-order valence-corrected chi connectivity index (χ1v) is 15.2. The number of anilines is 5. The van der Waals surface area contributed by atoms with E-state index < -0.39 is 6.03 Å². The Labute approximate surface area is 273 Å². The molecule has 4 aromatic carbocycles. The Balaban J connectivity index is 1.10. The Morgan fingerprint density at radius 1 is 0.766 bits per heavy atom. The predicted molar refractivity (Wildman–Crippen MR) is 185 cm³/mol. The number of nitrogens with zero attached hydrogens (tertiary/aromatic N) is 2. The summed E-state index contributed by atoms with van der Waals surface area (Å²) in [7, 11) is 5.19. The largest absolute Gasteiger partial charge is 0.493 e. The highest BCUT2D eigenvalue weighted by atomic mass is 16.5. The van der Waals surface area contributed by atoms with Gasteiger partial charge in [-0.05, 0) is 61.6 Å². The summed E-state index contributed by atoms with van der Waals surface area (Å²) >= 11 is 0. The molecule has 0 aromatic heterocycles. The molecule has 240 valence electrons. The molecule has 6 rings (SSSR count). The van der Waals surface area contributed by atoms with Gasteiger partial charge >= 0.3 is 6.03 Å². The predicted octanol–water partition coefficient (Wildman–Crippen LogP) is 5.74. The maximum absolute atomic E-state index is 13.4. The number of rotatable bonds is 9. The SMILES string of the molecule is COc1ccc(NC(=O)Nc2cccc(C(=O)c3ccc4c(c3)NC(=O)C4=CNc3ccc(N4CCN(C)CC4)cc3)c2)cc1OC. The highest BCUT2D eigenvalue weighted by Crippen LogP contribution is 2.34. The van der Waals surface area contributed by atoms with E-state index in [4.69, 9.17) is 9.47 Å². The van der Waals surface area contributed by atoms with Crippen LogP contribution in [0.25, 0.3) is 5.57 Å². The Hall–Kier alpha value is -5.81. The monoisotopic (exact) mass is 632 g/mol. The molecular weight excluding hydrogens is 596 g/mol. The molecule has 11 nitrogen and oxygen atoms in total. The number of ether oxygens (including phenoxy) is 2. The number of urea groups is 1. The fourth-order valence-corrected chi connectivity index (χ4v) is 5.58. The van der Waals surface area contributed by atoms with Crippen molar-refractivity contribution >= 4 is 51.7 Å². The van der Waals surface area contributed by atoms with E-state index in [2.05, 4.69) is 50.2 Å². The number of methoxy groups -OCH3 is 2. The first-order valence-electron chi connectivity index (χ1n) is 15.2. The first-order chi connectivity index (χ1) is 22.8. The van der Waals surface area contributed by atoms with E-state index in [1.807, 2.05) is 12.1 Å². The lowest BCUT2D eigenvalue weighted by Crippen LogP contribution is -2.44. The molecule has 0 bridgehead atoms. The molecule has 2 heterocycles. The lowest BCUT2D eigenvalue weighted by Gasteiger charge is -2.34. The average molecular weight is 633 g/mol. The lowest BCUT2D eigenvalue weighted by molar-refractivity contribution is -0.110. The zero-order valence-corrected chi connectivity index (χ0v) is 26.4. The van der Waals surface area contributed by atoms with E-state index in [-0.39, 0.29) is 11.7 Å². The quantitative estimate of drug-likeness (QED) is 0.136. The van der Waals surface area contributed by atoms with Gasteiger partial charge in [-0.25, -0.2) is 4.79 Å². The van der Waals surface area contributed by atoms with Crippen molar-refractivity contribution in [1.82, 2.24) is 4.90 Å². The van der Waals surface area contributed by atoms with Gasteiger partial charge in [0, 0.05) is 83.6 Å². The minimum absolute atomic E-state index is 0.248. The third-order valence-electron chi connectivity index (χ3n) is 8.21. The molecule has 47 heavy (non-hydrogen) atoms. The van der Waals surface area contributed by atoms with Crippen LogP contribution in [-0.4, -0.2) is 70.1 Å². The number of carbonyl (C=O) groups is 3. The molecule has 1 fully saturated rings. The first kappa shape index (κ1) is 31.2. The second-order valence-electron chi connectivity index (χ2n) is 11.3. The summed E-state index contributed by atoms with van der Waals surface area (Å²) in [6.45, 7) is 4.07. The highest BCUT2D eigenvalue weighted by molar-refractivity contribution is 6.32. The summed E-state index contributed by atoms with van der Waals surface area (Å²) < 4.78 is 10.5. The molecule has 0 atom stereocenters. The summed E-state index contributed by atoms with van der Waals surface area (Å²) in [4.78, 5) is 43.7. The lowest BCUT2D eigenvalue weighted by atomic mass is 9.99. The van der Waals surface area contributed by atoms with Crippen LogP contribution in [0.2, 0.25) is 0 Å². The average Bonchev–Trinajstić information content (AvgIpc) is 3.41. The van der Waals surface area contributed by atoms with Crippen LogP contribution in [0.4, 0.5) is 33.2 Å². The van der Waals surface area contributed by atoms with Crippen molar-refractivity contribution in [2.45, 2.75) is 0 Å². The summed E-state index contributed by atoms with van der Waals surface area (Å²) in [5.41, 5.74) is 5.53. The summed E-state index contributed by atoms with van der Waals surface area (Å²) in [5, 5.41) is 11.6. The summed E-state index contributed by atoms with van der Waals surface area (Å²) in [6, 6.07) is 24.5. The fraction of sp³-hybridized carbons (Fsp3) is 0.194. The molecule has 0 spiro atoms. The van der Waals surface area contributed by atoms with Gasteiger partial charge in [0.15, 0.2) is 17.3 Å². The topological polar surface area (TPSA) is 124 Å². The van der Waals surface area contributed by atoms with Crippen molar-refractivity contribution in [3.05, 3.63) is 108 Å². The minimum atomic E-state index is -0.485. The molecule has 11 heteroatoms. The molecule has 4 aromatic rings. The van der Waals surface area contributed by atoms with Crippen molar-refractivity contribution < 1.29 is 23.9 Å².